The van der Waals surface area contributed by atoms with Gasteiger partial charge in [0.25, 0.3) is 5.91 Å². The Bertz CT molecular complexity index is 1260. The number of carbonyl (C=O) groups is 3. The number of fused-ring (bicyclic) bond motifs is 2. The molecule has 2 heterocycles. The molecule has 2 aromatic rings. The molecule has 2 aliphatic heterocycles. The minimum Gasteiger partial charge on any atom is -0.427 e. The second kappa shape index (κ2) is 9.69. The molecule has 38 heavy (non-hydrogen) atoms. The number of nitrogens with one attached hydrogen (secondary N) is 2. The SMILES string of the molecule is C[C@@H](C1CC1)N(Cc1ccc(F)cc1)C(=O)CN1C(=O)OC2(CCc3cc(NC4CCNC4)ccc32)C1=O. The van der Waals surface area contributed by atoms with E-state index in [1.807, 2.05) is 25.1 Å². The van der Waals surface area contributed by atoms with Gasteiger partial charge in [0.2, 0.25) is 11.5 Å². The molecular formula is C29H33FN4O4. The van der Waals surface area contributed by atoms with Gasteiger partial charge in [-0.2, -0.15) is 0 Å². The molecule has 3 fully saturated rings. The van der Waals surface area contributed by atoms with Crippen LogP contribution in [0.15, 0.2) is 42.5 Å². The van der Waals surface area contributed by atoms with E-state index in [0.29, 0.717) is 30.4 Å². The van der Waals surface area contributed by atoms with Crippen molar-refractivity contribution in [1.82, 2.24) is 15.1 Å². The van der Waals surface area contributed by atoms with Crippen molar-refractivity contribution < 1.29 is 23.5 Å². The average molecular weight is 521 g/mol. The van der Waals surface area contributed by atoms with Crippen LogP contribution in [-0.4, -0.2) is 59.4 Å². The molecule has 2 aromatic carbocycles. The molecule has 3 amide bonds. The molecule has 200 valence electrons. The largest absolute Gasteiger partial charge is 0.427 e. The third kappa shape index (κ3) is 4.53. The number of amides is 3. The van der Waals surface area contributed by atoms with Crippen LogP contribution in [0.25, 0.3) is 0 Å². The van der Waals surface area contributed by atoms with Crippen LogP contribution >= 0.6 is 0 Å². The number of aryl methyl sites for hydroxylation is 1. The minimum atomic E-state index is -1.37. The first-order chi connectivity index (χ1) is 18.3. The van der Waals surface area contributed by atoms with Gasteiger partial charge in [0.15, 0.2) is 0 Å². The molecule has 2 aliphatic carbocycles. The van der Waals surface area contributed by atoms with Crippen molar-refractivity contribution in [2.45, 2.75) is 63.3 Å². The summed E-state index contributed by atoms with van der Waals surface area (Å²) >= 11 is 0. The minimum absolute atomic E-state index is 0.0524. The van der Waals surface area contributed by atoms with Gasteiger partial charge in [-0.1, -0.05) is 18.2 Å². The Kier molecular flexibility index (Phi) is 6.34. The van der Waals surface area contributed by atoms with E-state index >= 15 is 0 Å². The maximum Gasteiger partial charge on any atom is 0.418 e. The van der Waals surface area contributed by atoms with Crippen molar-refractivity contribution in [3.05, 3.63) is 65.0 Å². The maximum atomic E-state index is 13.7. The lowest BCUT2D eigenvalue weighted by molar-refractivity contribution is -0.143. The predicted octanol–water partition coefficient (Wildman–Crippen LogP) is 3.55. The Hall–Kier alpha value is -3.46. The number of ether oxygens (including phenoxy) is 1. The van der Waals surface area contributed by atoms with E-state index < -0.39 is 17.6 Å². The summed E-state index contributed by atoms with van der Waals surface area (Å²) in [5.74, 6) is -0.750. The number of anilines is 1. The van der Waals surface area contributed by atoms with Crippen LogP contribution in [0.1, 0.15) is 49.3 Å². The van der Waals surface area contributed by atoms with Crippen LogP contribution in [0.4, 0.5) is 14.9 Å². The zero-order valence-electron chi connectivity index (χ0n) is 21.5. The van der Waals surface area contributed by atoms with Crippen LogP contribution in [0, 0.1) is 11.7 Å². The van der Waals surface area contributed by atoms with Gasteiger partial charge in [-0.15, -0.1) is 0 Å². The summed E-state index contributed by atoms with van der Waals surface area (Å²) in [5.41, 5.74) is 2.10. The molecule has 4 aliphatic rings. The summed E-state index contributed by atoms with van der Waals surface area (Å²) in [5, 5.41) is 6.87. The molecule has 3 atom stereocenters. The lowest BCUT2D eigenvalue weighted by atomic mass is 9.94. The second-order valence-corrected chi connectivity index (χ2v) is 11.0. The highest BCUT2D eigenvalue weighted by Gasteiger charge is 2.58. The Morgan fingerprint density at radius 1 is 1.21 bits per heavy atom. The second-order valence-electron chi connectivity index (χ2n) is 11.0. The quantitative estimate of drug-likeness (QED) is 0.553. The molecule has 9 heteroatoms. The fraction of sp³-hybridized carbons (Fsp3) is 0.483. The van der Waals surface area contributed by atoms with Gasteiger partial charge >= 0.3 is 6.09 Å². The Labute approximate surface area is 221 Å². The van der Waals surface area contributed by atoms with Gasteiger partial charge in [-0.25, -0.2) is 14.1 Å². The zero-order valence-corrected chi connectivity index (χ0v) is 21.5. The predicted molar refractivity (Wildman–Crippen MR) is 139 cm³/mol. The van der Waals surface area contributed by atoms with Crippen LogP contribution < -0.4 is 10.6 Å². The van der Waals surface area contributed by atoms with Crippen LogP contribution in [0.3, 0.4) is 0 Å². The summed E-state index contributed by atoms with van der Waals surface area (Å²) in [4.78, 5) is 42.9. The van der Waals surface area contributed by atoms with E-state index in [-0.39, 0.29) is 30.9 Å². The first kappa shape index (κ1) is 24.9. The molecule has 2 saturated heterocycles. The smallest absolute Gasteiger partial charge is 0.418 e. The molecule has 2 N–H and O–H groups in total. The van der Waals surface area contributed by atoms with Crippen LogP contribution in [0.2, 0.25) is 0 Å². The van der Waals surface area contributed by atoms with E-state index in [0.717, 1.165) is 54.1 Å². The van der Waals surface area contributed by atoms with Gasteiger partial charge in [-0.3, -0.25) is 9.59 Å². The summed E-state index contributed by atoms with van der Waals surface area (Å²) in [6.45, 7) is 3.81. The number of imide groups is 1. The number of rotatable bonds is 8. The number of nitrogens with zero attached hydrogens (tertiary/aromatic N) is 2. The van der Waals surface area contributed by atoms with E-state index in [1.54, 1.807) is 17.0 Å². The highest BCUT2D eigenvalue weighted by molar-refractivity contribution is 6.06. The van der Waals surface area contributed by atoms with Crippen molar-refractivity contribution >= 4 is 23.6 Å². The standard InChI is InChI=1S/C29H33FN4O4/c1-18(20-4-5-20)33(16-19-2-6-22(30)7-3-19)26(35)17-34-27(36)29(38-28(34)37)12-10-21-14-23(8-9-25(21)29)32-24-11-13-31-15-24/h2-3,6-9,14,18,20,24,31-32H,4-5,10-13,15-17H2,1H3/t18-,24?,29?/m0/s1. The van der Waals surface area contributed by atoms with Crippen molar-refractivity contribution in [2.24, 2.45) is 5.92 Å². The normalized spacial score (nSPS) is 25.0. The van der Waals surface area contributed by atoms with Crippen molar-refractivity contribution in [3.63, 3.8) is 0 Å². The molecule has 0 aromatic heterocycles. The molecule has 1 spiro atoms. The highest BCUT2D eigenvalue weighted by Crippen LogP contribution is 2.46. The van der Waals surface area contributed by atoms with Gasteiger partial charge in [0.1, 0.15) is 12.4 Å². The Balaban J connectivity index is 1.19. The fourth-order valence-electron chi connectivity index (χ4n) is 6.06. The molecule has 8 nitrogen and oxygen atoms in total. The van der Waals surface area contributed by atoms with Crippen molar-refractivity contribution in [1.29, 1.82) is 0 Å². The lowest BCUT2D eigenvalue weighted by Gasteiger charge is -2.30. The van der Waals surface area contributed by atoms with E-state index in [2.05, 4.69) is 10.6 Å². The van der Waals surface area contributed by atoms with Gasteiger partial charge < -0.3 is 20.3 Å². The Morgan fingerprint density at radius 3 is 2.71 bits per heavy atom. The van der Waals surface area contributed by atoms with E-state index in [9.17, 15) is 18.8 Å². The Morgan fingerprint density at radius 2 is 2.00 bits per heavy atom. The average Bonchev–Trinajstić information content (AvgIpc) is 3.45. The number of hydrogen-bond donors (Lipinski definition) is 2. The summed E-state index contributed by atoms with van der Waals surface area (Å²) in [6.07, 6.45) is 3.32. The fourth-order valence-corrected chi connectivity index (χ4v) is 6.06. The van der Waals surface area contributed by atoms with Crippen LogP contribution in [-0.2, 0) is 32.9 Å². The molecule has 0 bridgehead atoms. The summed E-state index contributed by atoms with van der Waals surface area (Å²) in [7, 11) is 0. The van der Waals surface area contributed by atoms with Crippen LogP contribution in [0.5, 0.6) is 0 Å². The van der Waals surface area contributed by atoms with Crippen molar-refractivity contribution in [2.75, 3.05) is 25.0 Å². The van der Waals surface area contributed by atoms with Crippen molar-refractivity contribution in [3.8, 4) is 0 Å². The number of carbonyl (C=O) groups excluding carboxylic acids is 3. The summed E-state index contributed by atoms with van der Waals surface area (Å²) in [6, 6.07) is 12.2. The molecule has 0 radical (unpaired) electrons. The first-order valence-corrected chi connectivity index (χ1v) is 13.5. The highest BCUT2D eigenvalue weighted by atomic mass is 19.1. The lowest BCUT2D eigenvalue weighted by Crippen LogP contribution is -2.47. The number of halogens is 1. The zero-order chi connectivity index (χ0) is 26.4. The van der Waals surface area contributed by atoms with Gasteiger partial charge in [0.05, 0.1) is 0 Å². The van der Waals surface area contributed by atoms with E-state index in [1.165, 1.54) is 12.1 Å². The topological polar surface area (TPSA) is 91.0 Å². The maximum absolute atomic E-state index is 13.7. The van der Waals surface area contributed by atoms with Gasteiger partial charge in [0, 0.05) is 42.8 Å². The molecule has 2 unspecified atom stereocenters. The summed E-state index contributed by atoms with van der Waals surface area (Å²) < 4.78 is 19.2. The third-order valence-corrected chi connectivity index (χ3v) is 8.47. The number of benzene rings is 2. The molecule has 6 rings (SSSR count). The molecule has 1 saturated carbocycles. The third-order valence-electron chi connectivity index (χ3n) is 8.47. The van der Waals surface area contributed by atoms with E-state index in [4.69, 9.17) is 4.74 Å². The molecular weight excluding hydrogens is 487 g/mol. The van der Waals surface area contributed by atoms with Gasteiger partial charge in [-0.05, 0) is 80.5 Å². The monoisotopic (exact) mass is 520 g/mol. The first-order valence-electron chi connectivity index (χ1n) is 13.5. The number of hydrogen-bond acceptors (Lipinski definition) is 6.